The molecule has 1 aromatic carbocycles. The van der Waals surface area contributed by atoms with Crippen molar-refractivity contribution in [3.05, 3.63) is 29.8 Å². The fourth-order valence-electron chi connectivity index (χ4n) is 2.25. The topological polar surface area (TPSA) is 35.2 Å². The second kappa shape index (κ2) is 2.74. The van der Waals surface area contributed by atoms with Gasteiger partial charge < -0.3 is 10.5 Å². The SMILES string of the molecule is NC1(CC2COc3ccccc32)CC1. The van der Waals surface area contributed by atoms with Crippen LogP contribution < -0.4 is 10.5 Å². The minimum atomic E-state index is 0.130. The second-order valence-corrected chi connectivity index (χ2v) is 4.61. The van der Waals surface area contributed by atoms with Crippen LogP contribution in [0.1, 0.15) is 30.7 Å². The first-order valence-corrected chi connectivity index (χ1v) is 5.27. The van der Waals surface area contributed by atoms with Crippen LogP contribution in [0.2, 0.25) is 0 Å². The molecule has 14 heavy (non-hydrogen) atoms. The zero-order chi connectivity index (χ0) is 9.60. The summed E-state index contributed by atoms with van der Waals surface area (Å²) in [5.74, 6) is 1.58. The molecule has 3 rings (SSSR count). The lowest BCUT2D eigenvalue weighted by Gasteiger charge is -2.13. The minimum Gasteiger partial charge on any atom is -0.493 e. The molecule has 2 heteroatoms. The quantitative estimate of drug-likeness (QED) is 0.772. The van der Waals surface area contributed by atoms with E-state index in [0.717, 1.165) is 18.8 Å². The Morgan fingerprint density at radius 3 is 2.93 bits per heavy atom. The third-order valence-corrected chi connectivity index (χ3v) is 3.34. The number of para-hydroxylation sites is 1. The lowest BCUT2D eigenvalue weighted by Crippen LogP contribution is -2.25. The molecule has 1 atom stereocenters. The van der Waals surface area contributed by atoms with E-state index < -0.39 is 0 Å². The Kier molecular flexibility index (Phi) is 1.62. The zero-order valence-corrected chi connectivity index (χ0v) is 8.20. The molecule has 1 saturated carbocycles. The van der Waals surface area contributed by atoms with E-state index in [1.165, 1.54) is 18.4 Å². The van der Waals surface area contributed by atoms with Gasteiger partial charge in [-0.1, -0.05) is 18.2 Å². The number of hydrogen-bond acceptors (Lipinski definition) is 2. The number of ether oxygens (including phenoxy) is 1. The van der Waals surface area contributed by atoms with Crippen LogP contribution in [0, 0.1) is 0 Å². The van der Waals surface area contributed by atoms with Crippen LogP contribution >= 0.6 is 0 Å². The van der Waals surface area contributed by atoms with Crippen LogP contribution in [0.3, 0.4) is 0 Å². The Hall–Kier alpha value is -1.02. The zero-order valence-electron chi connectivity index (χ0n) is 8.20. The van der Waals surface area contributed by atoms with Crippen LogP contribution in [0.4, 0.5) is 0 Å². The summed E-state index contributed by atoms with van der Waals surface area (Å²) in [6.45, 7) is 0.818. The second-order valence-electron chi connectivity index (χ2n) is 4.61. The number of nitrogens with two attached hydrogens (primary N) is 1. The molecule has 2 N–H and O–H groups in total. The van der Waals surface area contributed by atoms with Crippen molar-refractivity contribution in [1.82, 2.24) is 0 Å². The standard InChI is InChI=1S/C12H15NO/c13-12(5-6-12)7-9-8-14-11-4-2-1-3-10(9)11/h1-4,9H,5-8,13H2. The van der Waals surface area contributed by atoms with Crippen LogP contribution in [0.5, 0.6) is 5.75 Å². The predicted molar refractivity (Wildman–Crippen MR) is 55.4 cm³/mol. The number of fused-ring (bicyclic) bond motifs is 1. The summed E-state index contributed by atoms with van der Waals surface area (Å²) in [5, 5.41) is 0. The first kappa shape index (κ1) is 8.30. The molecule has 0 amide bonds. The van der Waals surface area contributed by atoms with Crippen molar-refractivity contribution in [2.75, 3.05) is 6.61 Å². The van der Waals surface area contributed by atoms with Gasteiger partial charge in [0.25, 0.3) is 0 Å². The molecular formula is C12H15NO. The van der Waals surface area contributed by atoms with E-state index >= 15 is 0 Å². The number of rotatable bonds is 2. The molecule has 1 heterocycles. The van der Waals surface area contributed by atoms with Crippen LogP contribution in [-0.2, 0) is 0 Å². The van der Waals surface area contributed by atoms with Crippen molar-refractivity contribution in [2.24, 2.45) is 5.73 Å². The summed E-state index contributed by atoms with van der Waals surface area (Å²) < 4.78 is 5.63. The smallest absolute Gasteiger partial charge is 0.122 e. The summed E-state index contributed by atoms with van der Waals surface area (Å²) in [4.78, 5) is 0. The van der Waals surface area contributed by atoms with Crippen LogP contribution in [-0.4, -0.2) is 12.1 Å². The van der Waals surface area contributed by atoms with Gasteiger partial charge in [0.2, 0.25) is 0 Å². The van der Waals surface area contributed by atoms with E-state index in [9.17, 15) is 0 Å². The first-order valence-electron chi connectivity index (χ1n) is 5.27. The van der Waals surface area contributed by atoms with Crippen molar-refractivity contribution < 1.29 is 4.74 Å². The lowest BCUT2D eigenvalue weighted by molar-refractivity contribution is 0.316. The van der Waals surface area contributed by atoms with E-state index in [1.54, 1.807) is 0 Å². The van der Waals surface area contributed by atoms with E-state index in [2.05, 4.69) is 12.1 Å². The Balaban J connectivity index is 1.83. The highest BCUT2D eigenvalue weighted by atomic mass is 16.5. The predicted octanol–water partition coefficient (Wildman–Crippen LogP) is 2.04. The van der Waals surface area contributed by atoms with Gasteiger partial charge in [0.1, 0.15) is 5.75 Å². The molecule has 0 saturated heterocycles. The molecule has 1 aliphatic heterocycles. The van der Waals surface area contributed by atoms with E-state index in [4.69, 9.17) is 10.5 Å². The molecule has 1 aliphatic carbocycles. The Labute approximate surface area is 84.1 Å². The molecule has 0 bridgehead atoms. The fourth-order valence-corrected chi connectivity index (χ4v) is 2.25. The Bertz CT molecular complexity index is 357. The van der Waals surface area contributed by atoms with E-state index in [0.29, 0.717) is 5.92 Å². The normalized spacial score (nSPS) is 26.8. The van der Waals surface area contributed by atoms with Crippen LogP contribution in [0.15, 0.2) is 24.3 Å². The molecule has 74 valence electrons. The largest absolute Gasteiger partial charge is 0.493 e. The highest BCUT2D eigenvalue weighted by Crippen LogP contribution is 2.45. The maximum absolute atomic E-state index is 6.13. The monoisotopic (exact) mass is 189 g/mol. The minimum absolute atomic E-state index is 0.130. The molecule has 2 nitrogen and oxygen atoms in total. The summed E-state index contributed by atoms with van der Waals surface area (Å²) in [6.07, 6.45) is 3.46. The molecule has 0 radical (unpaired) electrons. The molecule has 0 spiro atoms. The van der Waals surface area contributed by atoms with Gasteiger partial charge >= 0.3 is 0 Å². The molecule has 2 aliphatic rings. The highest BCUT2D eigenvalue weighted by molar-refractivity contribution is 5.40. The third kappa shape index (κ3) is 1.30. The molecule has 1 unspecified atom stereocenters. The molecule has 0 aromatic heterocycles. The van der Waals surface area contributed by atoms with Gasteiger partial charge in [0.15, 0.2) is 0 Å². The summed E-state index contributed by atoms with van der Waals surface area (Å²) in [7, 11) is 0. The van der Waals surface area contributed by atoms with Gasteiger partial charge in [-0.2, -0.15) is 0 Å². The van der Waals surface area contributed by atoms with Crippen molar-refractivity contribution in [1.29, 1.82) is 0 Å². The molecule has 1 aromatic rings. The average Bonchev–Trinajstić information content (AvgIpc) is 2.77. The average molecular weight is 189 g/mol. The fraction of sp³-hybridized carbons (Fsp3) is 0.500. The Morgan fingerprint density at radius 1 is 1.36 bits per heavy atom. The summed E-state index contributed by atoms with van der Waals surface area (Å²) in [6, 6.07) is 8.32. The van der Waals surface area contributed by atoms with Crippen molar-refractivity contribution in [3.63, 3.8) is 0 Å². The maximum Gasteiger partial charge on any atom is 0.122 e. The van der Waals surface area contributed by atoms with Gasteiger partial charge in [-0.05, 0) is 25.3 Å². The van der Waals surface area contributed by atoms with E-state index in [-0.39, 0.29) is 5.54 Å². The molecule has 1 fully saturated rings. The van der Waals surface area contributed by atoms with E-state index in [1.807, 2.05) is 12.1 Å². The Morgan fingerprint density at radius 2 is 2.14 bits per heavy atom. The first-order chi connectivity index (χ1) is 6.77. The van der Waals surface area contributed by atoms with Gasteiger partial charge in [-0.3, -0.25) is 0 Å². The van der Waals surface area contributed by atoms with Gasteiger partial charge in [0, 0.05) is 17.0 Å². The van der Waals surface area contributed by atoms with Crippen molar-refractivity contribution in [2.45, 2.75) is 30.7 Å². The number of hydrogen-bond donors (Lipinski definition) is 1. The van der Waals surface area contributed by atoms with Gasteiger partial charge in [-0.15, -0.1) is 0 Å². The highest BCUT2D eigenvalue weighted by Gasteiger charge is 2.42. The maximum atomic E-state index is 6.13. The van der Waals surface area contributed by atoms with Crippen molar-refractivity contribution >= 4 is 0 Å². The summed E-state index contributed by atoms with van der Waals surface area (Å²) >= 11 is 0. The van der Waals surface area contributed by atoms with Gasteiger partial charge in [0.05, 0.1) is 6.61 Å². The lowest BCUT2D eigenvalue weighted by atomic mass is 9.93. The van der Waals surface area contributed by atoms with Crippen molar-refractivity contribution in [3.8, 4) is 5.75 Å². The third-order valence-electron chi connectivity index (χ3n) is 3.34. The van der Waals surface area contributed by atoms with Gasteiger partial charge in [-0.25, -0.2) is 0 Å². The number of benzene rings is 1. The summed E-state index contributed by atoms with van der Waals surface area (Å²) in [5.41, 5.74) is 7.61. The van der Waals surface area contributed by atoms with Crippen LogP contribution in [0.25, 0.3) is 0 Å². The molecular weight excluding hydrogens is 174 g/mol.